The summed E-state index contributed by atoms with van der Waals surface area (Å²) in [6.45, 7) is 4.44. The Bertz CT molecular complexity index is 1050. The van der Waals surface area contributed by atoms with Gasteiger partial charge in [-0.25, -0.2) is 4.57 Å². The second kappa shape index (κ2) is 44.0. The first-order valence-electron chi connectivity index (χ1n) is 25.9. The Balaban J connectivity index is 4.12. The highest BCUT2D eigenvalue weighted by Crippen LogP contribution is 2.43. The molecule has 0 aromatic carbocycles. The number of hydrogen-bond acceptors (Lipinski definition) is 7. The molecule has 10 heteroatoms. The number of phosphoric ester groups is 1. The lowest BCUT2D eigenvalue weighted by atomic mass is 10.0. The third-order valence-electron chi connectivity index (χ3n) is 11.5. The van der Waals surface area contributed by atoms with Gasteiger partial charge < -0.3 is 18.9 Å². The molecule has 61 heavy (non-hydrogen) atoms. The van der Waals surface area contributed by atoms with Crippen LogP contribution in [-0.4, -0.2) is 74.9 Å². The molecule has 0 aliphatic rings. The van der Waals surface area contributed by atoms with E-state index in [9.17, 15) is 19.0 Å². The minimum absolute atomic E-state index is 0.0334. The number of quaternary nitrogens is 1. The minimum atomic E-state index is -4.37. The number of esters is 2. The lowest BCUT2D eigenvalue weighted by molar-refractivity contribution is -0.870. The fourth-order valence-corrected chi connectivity index (χ4v) is 8.22. The van der Waals surface area contributed by atoms with Gasteiger partial charge >= 0.3 is 19.8 Å². The van der Waals surface area contributed by atoms with Gasteiger partial charge in [-0.15, -0.1) is 0 Å². The van der Waals surface area contributed by atoms with Crippen LogP contribution in [0.1, 0.15) is 251 Å². The summed E-state index contributed by atoms with van der Waals surface area (Å²) in [6.07, 6.45) is 48.5. The molecule has 0 aliphatic heterocycles. The molecule has 0 bridgehead atoms. The van der Waals surface area contributed by atoms with Crippen LogP contribution in [0, 0.1) is 0 Å². The second-order valence-electron chi connectivity index (χ2n) is 18.9. The Morgan fingerprint density at radius 2 is 0.836 bits per heavy atom. The molecule has 1 N–H and O–H groups in total. The van der Waals surface area contributed by atoms with E-state index < -0.39 is 26.5 Å². The molecule has 0 saturated heterocycles. The van der Waals surface area contributed by atoms with Crippen molar-refractivity contribution in [2.24, 2.45) is 0 Å². The van der Waals surface area contributed by atoms with Gasteiger partial charge in [0, 0.05) is 12.8 Å². The maximum atomic E-state index is 12.7. The monoisotopic (exact) mass is 887 g/mol. The summed E-state index contributed by atoms with van der Waals surface area (Å²) in [6, 6.07) is 0. The smallest absolute Gasteiger partial charge is 0.462 e. The van der Waals surface area contributed by atoms with E-state index in [0.717, 1.165) is 51.4 Å². The van der Waals surface area contributed by atoms with Crippen molar-refractivity contribution in [3.63, 3.8) is 0 Å². The van der Waals surface area contributed by atoms with Gasteiger partial charge in [0.2, 0.25) is 0 Å². The molecule has 0 heterocycles. The molecular weight excluding hydrogens is 786 g/mol. The normalized spacial score (nSPS) is 13.5. The Kier molecular flexibility index (Phi) is 43.1. The van der Waals surface area contributed by atoms with Crippen molar-refractivity contribution in [2.45, 2.75) is 258 Å². The number of carbonyl (C=O) groups excluding carboxylic acids is 2. The van der Waals surface area contributed by atoms with Crippen LogP contribution in [0.25, 0.3) is 0 Å². The zero-order chi connectivity index (χ0) is 45.0. The minimum Gasteiger partial charge on any atom is -0.462 e. The van der Waals surface area contributed by atoms with Gasteiger partial charge in [0.05, 0.1) is 27.7 Å². The first-order chi connectivity index (χ1) is 29.5. The van der Waals surface area contributed by atoms with Crippen molar-refractivity contribution in [1.82, 2.24) is 0 Å². The van der Waals surface area contributed by atoms with Crippen molar-refractivity contribution in [3.8, 4) is 0 Å². The molecule has 0 fully saturated rings. The quantitative estimate of drug-likeness (QED) is 0.0212. The number of hydrogen-bond donors (Lipinski definition) is 1. The van der Waals surface area contributed by atoms with Crippen LogP contribution in [0.5, 0.6) is 0 Å². The van der Waals surface area contributed by atoms with E-state index in [1.165, 1.54) is 167 Å². The Morgan fingerprint density at radius 3 is 1.23 bits per heavy atom. The zero-order valence-corrected chi connectivity index (χ0v) is 41.8. The predicted octanol–water partition coefficient (Wildman–Crippen LogP) is 15.3. The van der Waals surface area contributed by atoms with E-state index in [2.05, 4.69) is 26.0 Å². The average molecular weight is 887 g/mol. The summed E-state index contributed by atoms with van der Waals surface area (Å²) < 4.78 is 34.4. The fourth-order valence-electron chi connectivity index (χ4n) is 7.48. The van der Waals surface area contributed by atoms with E-state index in [0.29, 0.717) is 23.9 Å². The topological polar surface area (TPSA) is 108 Å². The van der Waals surface area contributed by atoms with Crippen LogP contribution in [0.3, 0.4) is 0 Å². The van der Waals surface area contributed by atoms with E-state index in [1.807, 2.05) is 21.1 Å². The molecule has 0 radical (unpaired) electrons. The van der Waals surface area contributed by atoms with Gasteiger partial charge in [-0.2, -0.15) is 0 Å². The zero-order valence-electron chi connectivity index (χ0n) is 40.9. The Labute approximate surface area is 377 Å². The first-order valence-corrected chi connectivity index (χ1v) is 27.4. The van der Waals surface area contributed by atoms with Crippen LogP contribution in [0.4, 0.5) is 0 Å². The van der Waals surface area contributed by atoms with Gasteiger partial charge in [0.25, 0.3) is 0 Å². The number of nitrogens with zero attached hydrogens (tertiary/aromatic N) is 1. The molecule has 0 saturated carbocycles. The highest BCUT2D eigenvalue weighted by atomic mass is 31.2. The molecule has 0 aliphatic carbocycles. The Hall–Kier alpha value is -1.25. The number of carbonyl (C=O) groups is 2. The van der Waals surface area contributed by atoms with E-state index in [4.69, 9.17) is 18.5 Å². The summed E-state index contributed by atoms with van der Waals surface area (Å²) in [5.74, 6) is -0.794. The second-order valence-corrected chi connectivity index (χ2v) is 20.4. The van der Waals surface area contributed by atoms with Crippen LogP contribution < -0.4 is 0 Å². The number of ether oxygens (including phenoxy) is 2. The van der Waals surface area contributed by atoms with Crippen molar-refractivity contribution < 1.29 is 42.1 Å². The fraction of sp³-hybridized carbons (Fsp3) is 0.922. The lowest BCUT2D eigenvalue weighted by Gasteiger charge is -2.24. The molecule has 2 unspecified atom stereocenters. The largest absolute Gasteiger partial charge is 0.472 e. The average Bonchev–Trinajstić information content (AvgIpc) is 3.21. The molecule has 0 spiro atoms. The molecular formula is C51H101NO8P+. The molecule has 0 amide bonds. The van der Waals surface area contributed by atoms with Gasteiger partial charge in [-0.3, -0.25) is 18.6 Å². The summed E-state index contributed by atoms with van der Waals surface area (Å²) >= 11 is 0. The van der Waals surface area contributed by atoms with E-state index >= 15 is 0 Å². The summed E-state index contributed by atoms with van der Waals surface area (Å²) in [4.78, 5) is 35.5. The van der Waals surface area contributed by atoms with E-state index in [1.54, 1.807) is 0 Å². The molecule has 2 atom stereocenters. The van der Waals surface area contributed by atoms with Crippen molar-refractivity contribution in [2.75, 3.05) is 47.5 Å². The van der Waals surface area contributed by atoms with Crippen LogP contribution in [0.2, 0.25) is 0 Å². The highest BCUT2D eigenvalue weighted by molar-refractivity contribution is 7.47. The van der Waals surface area contributed by atoms with Gasteiger partial charge in [-0.05, 0) is 38.5 Å². The predicted molar refractivity (Wildman–Crippen MR) is 257 cm³/mol. The highest BCUT2D eigenvalue weighted by Gasteiger charge is 2.27. The van der Waals surface area contributed by atoms with Crippen LogP contribution in [0.15, 0.2) is 12.2 Å². The van der Waals surface area contributed by atoms with Crippen molar-refractivity contribution in [1.29, 1.82) is 0 Å². The Morgan fingerprint density at radius 1 is 0.492 bits per heavy atom. The number of likely N-dealkylation sites (N-methyl/N-ethyl adjacent to an activating group) is 1. The summed E-state index contributed by atoms with van der Waals surface area (Å²) in [7, 11) is 1.48. The number of allylic oxidation sites excluding steroid dienone is 2. The number of phosphoric acid groups is 1. The molecule has 0 rings (SSSR count). The standard InChI is InChI=1S/C51H100NO8P/c1-6-8-10-12-14-16-18-20-21-22-23-24-25-26-27-28-29-30-32-33-35-37-39-41-43-50(53)57-47-49(48-59-61(55,56)58-46-45-52(3,4)5)60-51(54)44-42-40-38-36-34-31-19-17-15-13-11-9-7-2/h17,19,49H,6-16,18,20-48H2,1-5H3/p+1/b19-17-. The number of unbranched alkanes of at least 4 members (excludes halogenated alkanes) is 32. The number of rotatable bonds is 48. The van der Waals surface area contributed by atoms with Gasteiger partial charge in [-0.1, -0.05) is 212 Å². The van der Waals surface area contributed by atoms with Crippen molar-refractivity contribution in [3.05, 3.63) is 12.2 Å². The van der Waals surface area contributed by atoms with Crippen LogP contribution in [-0.2, 0) is 32.7 Å². The lowest BCUT2D eigenvalue weighted by Crippen LogP contribution is -2.37. The van der Waals surface area contributed by atoms with Gasteiger partial charge in [0.1, 0.15) is 19.8 Å². The van der Waals surface area contributed by atoms with Crippen molar-refractivity contribution >= 4 is 19.8 Å². The third-order valence-corrected chi connectivity index (χ3v) is 12.5. The third kappa shape index (κ3) is 48.1. The van der Waals surface area contributed by atoms with Crippen LogP contribution >= 0.6 is 7.82 Å². The first kappa shape index (κ1) is 59.8. The molecule has 9 nitrogen and oxygen atoms in total. The summed E-state index contributed by atoms with van der Waals surface area (Å²) in [5.41, 5.74) is 0. The molecule has 362 valence electrons. The molecule has 0 aromatic rings. The SMILES string of the molecule is CCCCCC/C=C\CCCCCCCC(=O)OC(COC(=O)CCCCCCCCCCCCCCCCCCCCCCCCCC)COP(=O)(O)OCC[N+](C)(C)C. The summed E-state index contributed by atoms with van der Waals surface area (Å²) in [5, 5.41) is 0. The maximum absolute atomic E-state index is 12.7. The molecule has 0 aromatic heterocycles. The maximum Gasteiger partial charge on any atom is 0.472 e. The van der Waals surface area contributed by atoms with Gasteiger partial charge in [0.15, 0.2) is 6.10 Å². The van der Waals surface area contributed by atoms with E-state index in [-0.39, 0.29) is 25.6 Å².